The van der Waals surface area contributed by atoms with Crippen molar-refractivity contribution in [3.63, 3.8) is 0 Å². The molecule has 20 heavy (non-hydrogen) atoms. The molecule has 2 heterocycles. The molecule has 2 nitrogen and oxygen atoms in total. The molecule has 0 saturated heterocycles. The van der Waals surface area contributed by atoms with E-state index in [1.165, 1.54) is 21.6 Å². The van der Waals surface area contributed by atoms with Gasteiger partial charge in [0.05, 0.1) is 6.04 Å². The van der Waals surface area contributed by atoms with Crippen molar-refractivity contribution in [2.24, 2.45) is 0 Å². The number of hydrogen-bond acceptors (Lipinski definition) is 3. The van der Waals surface area contributed by atoms with E-state index in [0.29, 0.717) is 6.10 Å². The third-order valence-corrected chi connectivity index (χ3v) is 4.99. The van der Waals surface area contributed by atoms with Crippen LogP contribution in [-0.2, 0) is 12.8 Å². The summed E-state index contributed by atoms with van der Waals surface area (Å²) < 4.78 is 5.79. The second-order valence-electron chi connectivity index (χ2n) is 5.39. The molecule has 1 aliphatic heterocycles. The first-order valence-electron chi connectivity index (χ1n) is 7.26. The molecule has 0 aliphatic carbocycles. The fourth-order valence-electron chi connectivity index (χ4n) is 2.96. The van der Waals surface area contributed by atoms with Crippen LogP contribution in [0, 0.1) is 0 Å². The van der Waals surface area contributed by atoms with Crippen LogP contribution in [0.15, 0.2) is 29.6 Å². The summed E-state index contributed by atoms with van der Waals surface area (Å²) in [7, 11) is 2.04. The predicted octanol–water partition coefficient (Wildman–Crippen LogP) is 3.94. The Labute approximate surface area is 124 Å². The normalized spacial score (nSPS) is 18.6. The third-order valence-electron chi connectivity index (χ3n) is 3.97. The summed E-state index contributed by atoms with van der Waals surface area (Å²) in [5.41, 5.74) is 4.12. The largest absolute Gasteiger partial charge is 0.490 e. The van der Waals surface area contributed by atoms with E-state index in [9.17, 15) is 0 Å². The molecule has 1 aliphatic rings. The highest BCUT2D eigenvalue weighted by molar-refractivity contribution is 7.10. The van der Waals surface area contributed by atoms with Gasteiger partial charge in [0.2, 0.25) is 0 Å². The maximum atomic E-state index is 5.79. The van der Waals surface area contributed by atoms with E-state index in [1.54, 1.807) is 0 Å². The molecule has 0 saturated carbocycles. The average Bonchev–Trinajstić information content (AvgIpc) is 3.04. The molecule has 106 valence electrons. The SMILES string of the molecule is CCc1ccsc1C(NC)c1ccc2c(c1)CC(C)O2. The van der Waals surface area contributed by atoms with Gasteiger partial charge in [0.1, 0.15) is 11.9 Å². The number of aryl methyl sites for hydroxylation is 1. The summed E-state index contributed by atoms with van der Waals surface area (Å²) in [5, 5.41) is 5.66. The van der Waals surface area contributed by atoms with E-state index < -0.39 is 0 Å². The first-order valence-corrected chi connectivity index (χ1v) is 8.14. The lowest BCUT2D eigenvalue weighted by molar-refractivity contribution is 0.254. The number of fused-ring (bicyclic) bond motifs is 1. The number of nitrogens with one attached hydrogen (secondary N) is 1. The van der Waals surface area contributed by atoms with Crippen molar-refractivity contribution in [3.05, 3.63) is 51.2 Å². The molecule has 0 amide bonds. The molecule has 1 N–H and O–H groups in total. The van der Waals surface area contributed by atoms with E-state index >= 15 is 0 Å². The quantitative estimate of drug-likeness (QED) is 0.919. The maximum Gasteiger partial charge on any atom is 0.123 e. The van der Waals surface area contributed by atoms with Gasteiger partial charge in [-0.2, -0.15) is 0 Å². The summed E-state index contributed by atoms with van der Waals surface area (Å²) in [6.07, 6.45) is 2.41. The Hall–Kier alpha value is -1.32. The van der Waals surface area contributed by atoms with Crippen molar-refractivity contribution in [2.75, 3.05) is 7.05 Å². The third kappa shape index (κ3) is 2.36. The molecular formula is C17H21NOS. The highest BCUT2D eigenvalue weighted by Crippen LogP contribution is 2.35. The molecular weight excluding hydrogens is 266 g/mol. The second kappa shape index (κ2) is 5.58. The van der Waals surface area contributed by atoms with Crippen molar-refractivity contribution >= 4 is 11.3 Å². The molecule has 1 aromatic heterocycles. The van der Waals surface area contributed by atoms with Crippen molar-refractivity contribution in [1.29, 1.82) is 0 Å². The number of benzene rings is 1. The van der Waals surface area contributed by atoms with Crippen LogP contribution in [0.2, 0.25) is 0 Å². The Kier molecular flexibility index (Phi) is 3.81. The highest BCUT2D eigenvalue weighted by atomic mass is 32.1. The van der Waals surface area contributed by atoms with Crippen LogP contribution >= 0.6 is 11.3 Å². The van der Waals surface area contributed by atoms with Gasteiger partial charge < -0.3 is 10.1 Å². The summed E-state index contributed by atoms with van der Waals surface area (Å²) in [6.45, 7) is 4.35. The van der Waals surface area contributed by atoms with E-state index in [1.807, 2.05) is 18.4 Å². The van der Waals surface area contributed by atoms with Crippen molar-refractivity contribution in [1.82, 2.24) is 5.32 Å². The van der Waals surface area contributed by atoms with Gasteiger partial charge in [-0.05, 0) is 54.6 Å². The van der Waals surface area contributed by atoms with Crippen LogP contribution in [0.25, 0.3) is 0 Å². The van der Waals surface area contributed by atoms with Crippen LogP contribution < -0.4 is 10.1 Å². The van der Waals surface area contributed by atoms with Gasteiger partial charge in [0.25, 0.3) is 0 Å². The number of ether oxygens (including phenoxy) is 1. The number of thiophene rings is 1. The van der Waals surface area contributed by atoms with Crippen LogP contribution in [0.3, 0.4) is 0 Å². The Bertz CT molecular complexity index is 605. The van der Waals surface area contributed by atoms with Gasteiger partial charge in [-0.3, -0.25) is 0 Å². The zero-order valence-corrected chi connectivity index (χ0v) is 13.1. The van der Waals surface area contributed by atoms with Crippen molar-refractivity contribution in [3.8, 4) is 5.75 Å². The molecule has 2 aromatic rings. The zero-order valence-electron chi connectivity index (χ0n) is 12.3. The van der Waals surface area contributed by atoms with Crippen LogP contribution in [-0.4, -0.2) is 13.2 Å². The molecule has 1 aromatic carbocycles. The summed E-state index contributed by atoms with van der Waals surface area (Å²) >= 11 is 1.84. The highest BCUT2D eigenvalue weighted by Gasteiger charge is 2.22. The molecule has 3 rings (SSSR count). The minimum absolute atomic E-state index is 0.283. The second-order valence-corrected chi connectivity index (χ2v) is 6.33. The van der Waals surface area contributed by atoms with Gasteiger partial charge >= 0.3 is 0 Å². The van der Waals surface area contributed by atoms with E-state index in [4.69, 9.17) is 4.74 Å². The Morgan fingerprint density at radius 2 is 2.25 bits per heavy atom. The lowest BCUT2D eigenvalue weighted by Crippen LogP contribution is -2.17. The average molecular weight is 287 g/mol. The lowest BCUT2D eigenvalue weighted by Gasteiger charge is -2.18. The van der Waals surface area contributed by atoms with Crippen LogP contribution in [0.1, 0.15) is 41.5 Å². The summed E-state index contributed by atoms with van der Waals surface area (Å²) in [5.74, 6) is 1.05. The van der Waals surface area contributed by atoms with Crippen molar-refractivity contribution < 1.29 is 4.74 Å². The molecule has 0 bridgehead atoms. The molecule has 3 heteroatoms. The first kappa shape index (κ1) is 13.7. The summed E-state index contributed by atoms with van der Waals surface area (Å²) in [6, 6.07) is 9.14. The predicted molar refractivity (Wildman–Crippen MR) is 84.8 cm³/mol. The fraction of sp³-hybridized carbons (Fsp3) is 0.412. The fourth-order valence-corrected chi connectivity index (χ4v) is 4.10. The molecule has 0 spiro atoms. The zero-order chi connectivity index (χ0) is 14.1. The lowest BCUT2D eigenvalue weighted by atomic mass is 9.98. The molecule has 2 atom stereocenters. The van der Waals surface area contributed by atoms with Gasteiger partial charge in [0.15, 0.2) is 0 Å². The standard InChI is InChI=1S/C17H21NOS/c1-4-12-7-8-20-17(12)16(18-3)13-5-6-15-14(10-13)9-11(2)19-15/h5-8,10-11,16,18H,4,9H2,1-3H3. The minimum Gasteiger partial charge on any atom is -0.490 e. The number of rotatable bonds is 4. The molecule has 2 unspecified atom stereocenters. The maximum absolute atomic E-state index is 5.79. The monoisotopic (exact) mass is 287 g/mol. The van der Waals surface area contributed by atoms with Crippen LogP contribution in [0.5, 0.6) is 5.75 Å². The first-order chi connectivity index (χ1) is 9.72. The Morgan fingerprint density at radius 3 is 3.00 bits per heavy atom. The van der Waals surface area contributed by atoms with E-state index in [-0.39, 0.29) is 6.04 Å². The minimum atomic E-state index is 0.283. The van der Waals surface area contributed by atoms with Gasteiger partial charge in [-0.1, -0.05) is 19.1 Å². The topological polar surface area (TPSA) is 21.3 Å². The van der Waals surface area contributed by atoms with Crippen molar-refractivity contribution in [2.45, 2.75) is 38.8 Å². The van der Waals surface area contributed by atoms with E-state index in [0.717, 1.165) is 18.6 Å². The Morgan fingerprint density at radius 1 is 1.40 bits per heavy atom. The molecule has 0 radical (unpaired) electrons. The Balaban J connectivity index is 1.97. The number of hydrogen-bond donors (Lipinski definition) is 1. The van der Waals surface area contributed by atoms with Gasteiger partial charge in [-0.15, -0.1) is 11.3 Å². The molecule has 0 fully saturated rings. The van der Waals surface area contributed by atoms with E-state index in [2.05, 4.69) is 48.8 Å². The smallest absolute Gasteiger partial charge is 0.123 e. The van der Waals surface area contributed by atoms with Crippen LogP contribution in [0.4, 0.5) is 0 Å². The van der Waals surface area contributed by atoms with Gasteiger partial charge in [0, 0.05) is 11.3 Å². The van der Waals surface area contributed by atoms with Gasteiger partial charge in [-0.25, -0.2) is 0 Å². The summed E-state index contributed by atoms with van der Waals surface area (Å²) in [4.78, 5) is 1.43.